The molecule has 2 aromatic carbocycles. The summed E-state index contributed by atoms with van der Waals surface area (Å²) in [6.45, 7) is 2.28. The van der Waals surface area contributed by atoms with Gasteiger partial charge in [-0.15, -0.1) is 0 Å². The number of benzene rings is 2. The van der Waals surface area contributed by atoms with Crippen LogP contribution in [0, 0.1) is 11.3 Å². The third-order valence-electron chi connectivity index (χ3n) is 7.18. The molecule has 3 aliphatic rings. The SMILES string of the molecule is N#CCCCn1c(CN2C(=O)C3(CN(C(=O)OC4COC4)C3)c3ccccc32)nc2cc(Cl)ccc21. The molecule has 2 amide bonds. The molecule has 1 spiro atoms. The first kappa shape index (κ1) is 22.8. The maximum absolute atomic E-state index is 13.9. The van der Waals surface area contributed by atoms with E-state index in [1.54, 1.807) is 9.80 Å². The molecular weight excluding hydrogens is 482 g/mol. The van der Waals surface area contributed by atoms with Crippen LogP contribution in [0.15, 0.2) is 42.5 Å². The molecule has 4 heterocycles. The van der Waals surface area contributed by atoms with Gasteiger partial charge in [0, 0.05) is 36.8 Å². The molecule has 0 aliphatic carbocycles. The molecule has 0 radical (unpaired) electrons. The monoisotopic (exact) mass is 505 g/mol. The standard InChI is InChI=1S/C26H24ClN5O4/c27-17-7-8-22-20(11-17)29-23(31(22)10-4-3-9-28)12-32-21-6-2-1-5-19(21)26(24(32)33)15-30(16-26)25(34)36-18-13-35-14-18/h1-2,5-8,11,18H,3-4,10,12-16H2. The Hall–Kier alpha value is -3.61. The van der Waals surface area contributed by atoms with E-state index in [1.807, 2.05) is 42.5 Å². The number of rotatable bonds is 6. The second-order valence-electron chi connectivity index (χ2n) is 9.46. The summed E-state index contributed by atoms with van der Waals surface area (Å²) in [5.41, 5.74) is 2.63. The van der Waals surface area contributed by atoms with E-state index in [0.29, 0.717) is 37.6 Å². The number of nitrogens with zero attached hydrogens (tertiary/aromatic N) is 5. The molecule has 0 bridgehead atoms. The van der Waals surface area contributed by atoms with Gasteiger partial charge in [0.2, 0.25) is 5.91 Å². The van der Waals surface area contributed by atoms with Gasteiger partial charge in [0.25, 0.3) is 0 Å². The highest BCUT2D eigenvalue weighted by Crippen LogP contribution is 2.48. The Morgan fingerprint density at radius 2 is 2.06 bits per heavy atom. The highest BCUT2D eigenvalue weighted by Gasteiger charge is 2.59. The normalized spacial score (nSPS) is 18.2. The number of carbonyl (C=O) groups is 2. The maximum Gasteiger partial charge on any atom is 0.410 e. The van der Waals surface area contributed by atoms with Gasteiger partial charge in [0.15, 0.2) is 6.10 Å². The van der Waals surface area contributed by atoms with Gasteiger partial charge in [-0.05, 0) is 36.2 Å². The summed E-state index contributed by atoms with van der Waals surface area (Å²) in [6, 6.07) is 15.5. The van der Waals surface area contributed by atoms with Crippen molar-refractivity contribution in [1.82, 2.24) is 14.5 Å². The summed E-state index contributed by atoms with van der Waals surface area (Å²) in [7, 11) is 0. The molecule has 1 aromatic heterocycles. The number of anilines is 1. The van der Waals surface area contributed by atoms with E-state index in [9.17, 15) is 9.59 Å². The van der Waals surface area contributed by atoms with E-state index in [0.717, 1.165) is 28.1 Å². The van der Waals surface area contributed by atoms with Crippen molar-refractivity contribution >= 4 is 40.3 Å². The maximum atomic E-state index is 13.9. The summed E-state index contributed by atoms with van der Waals surface area (Å²) in [6.07, 6.45) is 0.489. The smallest absolute Gasteiger partial charge is 0.410 e. The number of amides is 2. The number of hydrogen-bond donors (Lipinski definition) is 0. The number of hydrogen-bond acceptors (Lipinski definition) is 6. The van der Waals surface area contributed by atoms with Crippen molar-refractivity contribution in [1.29, 1.82) is 5.26 Å². The van der Waals surface area contributed by atoms with Crippen LogP contribution in [0.3, 0.4) is 0 Å². The Bertz CT molecular complexity index is 1400. The van der Waals surface area contributed by atoms with E-state index >= 15 is 0 Å². The molecule has 2 fully saturated rings. The number of aromatic nitrogens is 2. The van der Waals surface area contributed by atoms with E-state index in [-0.39, 0.29) is 31.6 Å². The summed E-state index contributed by atoms with van der Waals surface area (Å²) in [5.74, 6) is 0.680. The van der Waals surface area contributed by atoms with Gasteiger partial charge < -0.3 is 23.8 Å². The first-order chi connectivity index (χ1) is 17.5. The minimum Gasteiger partial charge on any atom is -0.441 e. The summed E-state index contributed by atoms with van der Waals surface area (Å²) >= 11 is 6.21. The lowest BCUT2D eigenvalue weighted by molar-refractivity contribution is -0.131. The van der Waals surface area contributed by atoms with E-state index in [1.165, 1.54) is 0 Å². The van der Waals surface area contributed by atoms with Crippen LogP contribution in [-0.2, 0) is 32.8 Å². The number of carbonyl (C=O) groups excluding carboxylic acids is 2. The van der Waals surface area contributed by atoms with Gasteiger partial charge in [-0.3, -0.25) is 4.79 Å². The molecule has 184 valence electrons. The third kappa shape index (κ3) is 3.60. The topological polar surface area (TPSA) is 101 Å². The van der Waals surface area contributed by atoms with E-state index in [2.05, 4.69) is 10.6 Å². The predicted molar refractivity (Wildman–Crippen MR) is 132 cm³/mol. The van der Waals surface area contributed by atoms with Crippen LogP contribution in [-0.4, -0.2) is 58.9 Å². The zero-order valence-electron chi connectivity index (χ0n) is 19.5. The summed E-state index contributed by atoms with van der Waals surface area (Å²) in [4.78, 5) is 34.6. The fourth-order valence-electron chi connectivity index (χ4n) is 5.27. The quantitative estimate of drug-likeness (QED) is 0.474. The summed E-state index contributed by atoms with van der Waals surface area (Å²) < 4.78 is 12.6. The number of unbranched alkanes of at least 4 members (excludes halogenated alkanes) is 1. The zero-order chi connectivity index (χ0) is 24.9. The van der Waals surface area contributed by atoms with E-state index in [4.69, 9.17) is 31.3 Å². The van der Waals surface area contributed by atoms with Crippen molar-refractivity contribution in [2.45, 2.75) is 37.5 Å². The lowest BCUT2D eigenvalue weighted by atomic mass is 9.75. The number of nitriles is 1. The van der Waals surface area contributed by atoms with Gasteiger partial charge in [0.05, 0.1) is 36.9 Å². The Labute approximate surface area is 212 Å². The number of aryl methyl sites for hydroxylation is 1. The molecule has 3 aromatic rings. The Morgan fingerprint density at radius 1 is 1.25 bits per heavy atom. The van der Waals surface area contributed by atoms with Crippen LogP contribution in [0.25, 0.3) is 11.0 Å². The van der Waals surface area contributed by atoms with Crippen molar-refractivity contribution < 1.29 is 19.1 Å². The predicted octanol–water partition coefficient (Wildman–Crippen LogP) is 3.63. The van der Waals surface area contributed by atoms with Gasteiger partial charge in [-0.25, -0.2) is 9.78 Å². The molecule has 36 heavy (non-hydrogen) atoms. The summed E-state index contributed by atoms with van der Waals surface area (Å²) in [5, 5.41) is 9.61. The third-order valence-corrected chi connectivity index (χ3v) is 7.41. The van der Waals surface area contributed by atoms with E-state index < -0.39 is 11.5 Å². The molecule has 0 saturated carbocycles. The Balaban J connectivity index is 1.29. The lowest BCUT2D eigenvalue weighted by Crippen LogP contribution is -2.65. The molecule has 10 heteroatoms. The Kier molecular flexibility index (Phi) is 5.58. The van der Waals surface area contributed by atoms with Crippen LogP contribution in [0.5, 0.6) is 0 Å². The first-order valence-electron chi connectivity index (χ1n) is 12.0. The molecule has 6 rings (SSSR count). The Morgan fingerprint density at radius 3 is 2.81 bits per heavy atom. The number of ether oxygens (including phenoxy) is 2. The lowest BCUT2D eigenvalue weighted by Gasteiger charge is -2.46. The number of imidazole rings is 1. The fourth-order valence-corrected chi connectivity index (χ4v) is 5.44. The number of likely N-dealkylation sites (tertiary alicyclic amines) is 1. The zero-order valence-corrected chi connectivity index (χ0v) is 20.3. The van der Waals surface area contributed by atoms with Gasteiger partial charge >= 0.3 is 6.09 Å². The molecule has 0 N–H and O–H groups in total. The second kappa shape index (κ2) is 8.80. The molecule has 0 atom stereocenters. The highest BCUT2D eigenvalue weighted by molar-refractivity contribution is 6.31. The van der Waals surface area contributed by atoms with Crippen molar-refractivity contribution in [3.8, 4) is 6.07 Å². The highest BCUT2D eigenvalue weighted by atomic mass is 35.5. The van der Waals surface area contributed by atoms with Crippen molar-refractivity contribution in [3.05, 3.63) is 58.9 Å². The minimum absolute atomic E-state index is 0.0478. The molecular formula is C26H24ClN5O4. The molecule has 3 aliphatic heterocycles. The minimum atomic E-state index is -0.785. The van der Waals surface area contributed by atoms with Gasteiger partial charge in [-0.2, -0.15) is 5.26 Å². The average Bonchev–Trinajstić information content (AvgIpc) is 3.27. The largest absolute Gasteiger partial charge is 0.441 e. The second-order valence-corrected chi connectivity index (χ2v) is 9.90. The van der Waals surface area contributed by atoms with Crippen molar-refractivity contribution in [3.63, 3.8) is 0 Å². The molecule has 2 saturated heterocycles. The first-order valence-corrected chi connectivity index (χ1v) is 12.3. The fraction of sp³-hybridized carbons (Fsp3) is 0.385. The number of fused-ring (bicyclic) bond motifs is 3. The number of para-hydroxylation sites is 1. The van der Waals surface area contributed by atoms with Gasteiger partial charge in [-0.1, -0.05) is 29.8 Å². The average molecular weight is 506 g/mol. The van der Waals surface area contributed by atoms with Crippen molar-refractivity contribution in [2.24, 2.45) is 0 Å². The van der Waals surface area contributed by atoms with Crippen LogP contribution < -0.4 is 4.90 Å². The molecule has 9 nitrogen and oxygen atoms in total. The van der Waals surface area contributed by atoms with Crippen LogP contribution in [0.4, 0.5) is 10.5 Å². The number of halogens is 1. The van der Waals surface area contributed by atoms with Crippen molar-refractivity contribution in [2.75, 3.05) is 31.2 Å². The van der Waals surface area contributed by atoms with Gasteiger partial charge in [0.1, 0.15) is 11.2 Å². The van der Waals surface area contributed by atoms with Crippen LogP contribution >= 0.6 is 11.6 Å². The molecule has 0 unspecified atom stereocenters. The van der Waals surface area contributed by atoms with Crippen LogP contribution in [0.1, 0.15) is 24.2 Å². The van der Waals surface area contributed by atoms with Crippen LogP contribution in [0.2, 0.25) is 5.02 Å².